The largest absolute Gasteiger partial charge is 0.480 e. The maximum absolute atomic E-state index is 12.7. The molecule has 1 unspecified atom stereocenters. The highest BCUT2D eigenvalue weighted by molar-refractivity contribution is 7.80. The number of benzene rings is 1. The van der Waals surface area contributed by atoms with E-state index in [4.69, 9.17) is 22.7 Å². The molecule has 20 heavy (non-hydrogen) atoms. The maximum atomic E-state index is 12.7. The molecule has 3 nitrogen and oxygen atoms in total. The highest BCUT2D eigenvalue weighted by Crippen LogP contribution is 2.32. The molecule has 0 saturated heterocycles. The van der Waals surface area contributed by atoms with Gasteiger partial charge in [-0.05, 0) is 19.1 Å². The number of hydrogen-bond donors (Lipinski definition) is 1. The van der Waals surface area contributed by atoms with Gasteiger partial charge in [0.2, 0.25) is 0 Å². The van der Waals surface area contributed by atoms with E-state index in [0.29, 0.717) is 10.9 Å². The monoisotopic (exact) mass is 300 g/mol. The molecule has 106 valence electrons. The van der Waals surface area contributed by atoms with Gasteiger partial charge in [0.1, 0.15) is 10.7 Å². The lowest BCUT2D eigenvalue weighted by molar-refractivity contribution is -0.189. The lowest BCUT2D eigenvalue weighted by Crippen LogP contribution is -2.32. The molecular formula is C13H11F3N2OS. The lowest BCUT2D eigenvalue weighted by atomic mass is 10.1. The van der Waals surface area contributed by atoms with Crippen molar-refractivity contribution in [3.63, 3.8) is 0 Å². The summed E-state index contributed by atoms with van der Waals surface area (Å²) < 4.78 is 43.0. The summed E-state index contributed by atoms with van der Waals surface area (Å²) in [6.07, 6.45) is -5.12. The number of nitrogens with two attached hydrogens (primary N) is 1. The van der Waals surface area contributed by atoms with Gasteiger partial charge >= 0.3 is 6.18 Å². The van der Waals surface area contributed by atoms with Crippen molar-refractivity contribution in [1.29, 1.82) is 0 Å². The zero-order valence-electron chi connectivity index (χ0n) is 10.4. The molecule has 0 amide bonds. The SMILES string of the molecule is CC(Oc1c(C(N)=S)cnc2ccccc12)C(F)(F)F. The zero-order valence-corrected chi connectivity index (χ0v) is 11.3. The highest BCUT2D eigenvalue weighted by atomic mass is 32.1. The Morgan fingerprint density at radius 3 is 2.60 bits per heavy atom. The quantitative estimate of drug-likeness (QED) is 0.884. The number of rotatable bonds is 3. The summed E-state index contributed by atoms with van der Waals surface area (Å²) in [6.45, 7) is 0.929. The molecule has 0 bridgehead atoms. The van der Waals surface area contributed by atoms with Gasteiger partial charge in [0.15, 0.2) is 6.10 Å². The molecule has 1 aromatic carbocycles. The van der Waals surface area contributed by atoms with Gasteiger partial charge in [-0.2, -0.15) is 13.2 Å². The number of halogens is 3. The van der Waals surface area contributed by atoms with Crippen LogP contribution in [0.2, 0.25) is 0 Å². The molecule has 0 aliphatic heterocycles. The van der Waals surface area contributed by atoms with E-state index in [1.165, 1.54) is 6.20 Å². The van der Waals surface area contributed by atoms with Crippen molar-refractivity contribution in [1.82, 2.24) is 4.98 Å². The van der Waals surface area contributed by atoms with Gasteiger partial charge in [0.05, 0.1) is 11.1 Å². The van der Waals surface area contributed by atoms with Crippen LogP contribution in [-0.4, -0.2) is 22.3 Å². The minimum Gasteiger partial charge on any atom is -0.480 e. The Morgan fingerprint density at radius 1 is 1.35 bits per heavy atom. The molecule has 0 radical (unpaired) electrons. The summed E-state index contributed by atoms with van der Waals surface area (Å²) in [5.74, 6) is 0.00734. The maximum Gasteiger partial charge on any atom is 0.425 e. The summed E-state index contributed by atoms with van der Waals surface area (Å²) in [5, 5.41) is 0.439. The van der Waals surface area contributed by atoms with E-state index < -0.39 is 12.3 Å². The predicted octanol–water partition coefficient (Wildman–Crippen LogP) is 3.20. The van der Waals surface area contributed by atoms with Crippen molar-refractivity contribution >= 4 is 28.1 Å². The molecule has 2 rings (SSSR count). The Balaban J connectivity index is 2.58. The van der Waals surface area contributed by atoms with Crippen LogP contribution in [0.5, 0.6) is 5.75 Å². The van der Waals surface area contributed by atoms with Crippen molar-refractivity contribution in [2.45, 2.75) is 19.2 Å². The van der Waals surface area contributed by atoms with Gasteiger partial charge in [-0.3, -0.25) is 4.98 Å². The third-order valence-electron chi connectivity index (χ3n) is 2.75. The molecule has 2 N–H and O–H groups in total. The van der Waals surface area contributed by atoms with E-state index in [1.54, 1.807) is 24.3 Å². The van der Waals surface area contributed by atoms with Gasteiger partial charge in [-0.25, -0.2) is 0 Å². The van der Waals surface area contributed by atoms with Crippen LogP contribution in [0.25, 0.3) is 10.9 Å². The average molecular weight is 300 g/mol. The minimum atomic E-state index is -4.47. The number of para-hydroxylation sites is 1. The van der Waals surface area contributed by atoms with E-state index in [1.807, 2.05) is 0 Å². The van der Waals surface area contributed by atoms with Gasteiger partial charge < -0.3 is 10.5 Å². The summed E-state index contributed by atoms with van der Waals surface area (Å²) in [4.78, 5) is 4.04. The van der Waals surface area contributed by atoms with Gasteiger partial charge in [0.25, 0.3) is 0 Å². The van der Waals surface area contributed by atoms with Gasteiger partial charge in [0, 0.05) is 11.6 Å². The third-order valence-corrected chi connectivity index (χ3v) is 2.97. The summed E-state index contributed by atoms with van der Waals surface area (Å²) >= 11 is 4.84. The first-order chi connectivity index (χ1) is 9.30. The Morgan fingerprint density at radius 2 is 2.00 bits per heavy atom. The first-order valence-electron chi connectivity index (χ1n) is 5.71. The minimum absolute atomic E-state index is 0.00734. The molecule has 2 aromatic rings. The third kappa shape index (κ3) is 2.82. The number of aromatic nitrogens is 1. The lowest BCUT2D eigenvalue weighted by Gasteiger charge is -2.20. The molecular weight excluding hydrogens is 289 g/mol. The number of fused-ring (bicyclic) bond motifs is 1. The topological polar surface area (TPSA) is 48.1 Å². The number of nitrogens with zero attached hydrogens (tertiary/aromatic N) is 1. The molecule has 0 aliphatic rings. The molecule has 0 spiro atoms. The second-order valence-electron chi connectivity index (χ2n) is 4.18. The van der Waals surface area contributed by atoms with Crippen LogP contribution < -0.4 is 10.5 Å². The van der Waals surface area contributed by atoms with Crippen molar-refractivity contribution in [3.05, 3.63) is 36.0 Å². The number of pyridine rings is 1. The molecule has 1 aromatic heterocycles. The molecule has 0 fully saturated rings. The number of ether oxygens (including phenoxy) is 1. The molecule has 1 atom stereocenters. The number of thiocarbonyl (C=S) groups is 1. The summed E-state index contributed by atoms with van der Waals surface area (Å²) in [5.41, 5.74) is 6.22. The van der Waals surface area contributed by atoms with E-state index in [-0.39, 0.29) is 16.3 Å². The Labute approximate surface area is 118 Å². The normalized spacial score (nSPS) is 13.2. The van der Waals surface area contributed by atoms with Crippen molar-refractivity contribution in [2.24, 2.45) is 5.73 Å². The van der Waals surface area contributed by atoms with Crippen molar-refractivity contribution < 1.29 is 17.9 Å². The van der Waals surface area contributed by atoms with E-state index in [9.17, 15) is 13.2 Å². The average Bonchev–Trinajstić information content (AvgIpc) is 2.37. The van der Waals surface area contributed by atoms with Crippen LogP contribution >= 0.6 is 12.2 Å². The molecule has 7 heteroatoms. The Kier molecular flexibility index (Phi) is 3.80. The van der Waals surface area contributed by atoms with E-state index in [0.717, 1.165) is 6.92 Å². The zero-order chi connectivity index (χ0) is 14.9. The Bertz CT molecular complexity index is 658. The number of hydrogen-bond acceptors (Lipinski definition) is 3. The molecule has 1 heterocycles. The second-order valence-corrected chi connectivity index (χ2v) is 4.62. The van der Waals surface area contributed by atoms with Crippen LogP contribution in [-0.2, 0) is 0 Å². The first-order valence-corrected chi connectivity index (χ1v) is 6.12. The number of alkyl halides is 3. The standard InChI is InChI=1S/C13H11F3N2OS/c1-7(13(14,15)16)19-11-8-4-2-3-5-10(8)18-6-9(11)12(17)20/h2-7H,1H3,(H2,17,20). The van der Waals surface area contributed by atoms with Crippen LogP contribution in [0.3, 0.4) is 0 Å². The fourth-order valence-electron chi connectivity index (χ4n) is 1.66. The molecule has 0 aliphatic carbocycles. The fraction of sp³-hybridized carbons (Fsp3) is 0.231. The van der Waals surface area contributed by atoms with E-state index >= 15 is 0 Å². The van der Waals surface area contributed by atoms with Gasteiger partial charge in [-0.1, -0.05) is 24.4 Å². The first kappa shape index (κ1) is 14.5. The van der Waals surface area contributed by atoms with Crippen molar-refractivity contribution in [2.75, 3.05) is 0 Å². The highest BCUT2D eigenvalue weighted by Gasteiger charge is 2.38. The smallest absolute Gasteiger partial charge is 0.425 e. The molecule has 0 saturated carbocycles. The summed E-state index contributed by atoms with van der Waals surface area (Å²) in [6, 6.07) is 6.69. The van der Waals surface area contributed by atoms with Crippen LogP contribution in [0.1, 0.15) is 12.5 Å². The van der Waals surface area contributed by atoms with Crippen LogP contribution in [0.4, 0.5) is 13.2 Å². The van der Waals surface area contributed by atoms with Crippen molar-refractivity contribution in [3.8, 4) is 5.75 Å². The van der Waals surface area contributed by atoms with Crippen LogP contribution in [0, 0.1) is 0 Å². The van der Waals surface area contributed by atoms with Crippen LogP contribution in [0.15, 0.2) is 30.5 Å². The van der Waals surface area contributed by atoms with E-state index in [2.05, 4.69) is 4.98 Å². The Hall–Kier alpha value is -1.89. The summed E-state index contributed by atoms with van der Waals surface area (Å²) in [7, 11) is 0. The second kappa shape index (κ2) is 5.24. The van der Waals surface area contributed by atoms with Gasteiger partial charge in [-0.15, -0.1) is 0 Å². The fourth-order valence-corrected chi connectivity index (χ4v) is 1.81. The predicted molar refractivity (Wildman–Crippen MR) is 73.8 cm³/mol.